The molecule has 1 saturated heterocycles. The van der Waals surface area contributed by atoms with Gasteiger partial charge in [-0.1, -0.05) is 59.6 Å². The molecule has 0 radical (unpaired) electrons. The maximum Gasteiger partial charge on any atom is 0.253 e. The number of nitrogens with zero attached hydrogens (tertiary/aromatic N) is 1. The minimum atomic E-state index is -0.832. The third kappa shape index (κ3) is 3.83. The van der Waals surface area contributed by atoms with E-state index in [1.54, 1.807) is 18.2 Å². The molecule has 5 nitrogen and oxygen atoms in total. The Labute approximate surface area is 155 Å². The quantitative estimate of drug-likeness (QED) is 0.489. The molecule has 128 valence electrons. The summed E-state index contributed by atoms with van der Waals surface area (Å²) in [6.07, 6.45) is 1.37. The molecular formula is C18H15Cl2N3O2. The summed E-state index contributed by atoms with van der Waals surface area (Å²) in [6.45, 7) is 0.418. The van der Waals surface area contributed by atoms with Crippen LogP contribution in [0.4, 0.5) is 0 Å². The summed E-state index contributed by atoms with van der Waals surface area (Å²) in [7, 11) is 0. The molecule has 0 spiro atoms. The van der Waals surface area contributed by atoms with Crippen molar-refractivity contribution in [3.05, 3.63) is 69.7 Å². The van der Waals surface area contributed by atoms with Gasteiger partial charge < -0.3 is 5.32 Å². The number of amides is 2. The van der Waals surface area contributed by atoms with Crippen LogP contribution in [0.1, 0.15) is 17.0 Å². The maximum atomic E-state index is 12.4. The first kappa shape index (κ1) is 17.5. The minimum absolute atomic E-state index is 0.229. The van der Waals surface area contributed by atoms with Gasteiger partial charge in [0.05, 0.1) is 16.3 Å². The van der Waals surface area contributed by atoms with E-state index < -0.39 is 11.8 Å². The number of benzene rings is 2. The largest absolute Gasteiger partial charge is 0.355 e. The third-order valence-corrected chi connectivity index (χ3v) is 4.72. The Hall–Kier alpha value is -2.37. The van der Waals surface area contributed by atoms with E-state index in [1.807, 2.05) is 30.3 Å². The molecule has 1 fully saturated rings. The molecule has 1 heterocycles. The molecule has 1 aliphatic rings. The zero-order valence-corrected chi connectivity index (χ0v) is 14.6. The van der Waals surface area contributed by atoms with Crippen LogP contribution in [0.15, 0.2) is 53.6 Å². The van der Waals surface area contributed by atoms with Gasteiger partial charge in [0.15, 0.2) is 0 Å². The third-order valence-electron chi connectivity index (χ3n) is 4.06. The van der Waals surface area contributed by atoms with Crippen molar-refractivity contribution in [2.75, 3.05) is 6.54 Å². The van der Waals surface area contributed by atoms with Gasteiger partial charge in [0.25, 0.3) is 5.91 Å². The Morgan fingerprint density at radius 1 is 1.12 bits per heavy atom. The zero-order valence-electron chi connectivity index (χ0n) is 13.1. The first-order valence-corrected chi connectivity index (χ1v) is 8.43. The Morgan fingerprint density at radius 3 is 2.48 bits per heavy atom. The molecule has 2 atom stereocenters. The minimum Gasteiger partial charge on any atom is -0.355 e. The molecule has 2 N–H and O–H groups in total. The Balaban J connectivity index is 1.73. The predicted octanol–water partition coefficient (Wildman–Crippen LogP) is 2.97. The summed E-state index contributed by atoms with van der Waals surface area (Å²) in [6, 6.07) is 14.5. The molecule has 0 saturated carbocycles. The fourth-order valence-corrected chi connectivity index (χ4v) is 3.29. The Bertz CT molecular complexity index is 804. The molecule has 0 aromatic heterocycles. The van der Waals surface area contributed by atoms with E-state index in [1.165, 1.54) is 6.21 Å². The summed E-state index contributed by atoms with van der Waals surface area (Å²) in [5.74, 6) is -1.84. The lowest BCUT2D eigenvalue weighted by Gasteiger charge is -2.15. The van der Waals surface area contributed by atoms with Crippen molar-refractivity contribution in [2.24, 2.45) is 11.0 Å². The topological polar surface area (TPSA) is 70.6 Å². The van der Waals surface area contributed by atoms with Gasteiger partial charge in [-0.3, -0.25) is 9.59 Å². The second-order valence-corrected chi connectivity index (χ2v) is 6.42. The predicted molar refractivity (Wildman–Crippen MR) is 97.9 cm³/mol. The SMILES string of the molecule is O=C1NC[C@@H](c2ccccc2)[C@@H]1C(=O)N/N=C\c1c(Cl)cccc1Cl. The van der Waals surface area contributed by atoms with Crippen LogP contribution in [0.3, 0.4) is 0 Å². The molecule has 2 amide bonds. The van der Waals surface area contributed by atoms with E-state index in [2.05, 4.69) is 15.8 Å². The average Bonchev–Trinajstić information content (AvgIpc) is 3.00. The van der Waals surface area contributed by atoms with E-state index in [9.17, 15) is 9.59 Å². The summed E-state index contributed by atoms with van der Waals surface area (Å²) >= 11 is 12.1. The van der Waals surface area contributed by atoms with Crippen molar-refractivity contribution in [3.63, 3.8) is 0 Å². The first-order chi connectivity index (χ1) is 12.1. The van der Waals surface area contributed by atoms with Crippen LogP contribution in [0.5, 0.6) is 0 Å². The normalized spacial score (nSPS) is 19.8. The monoisotopic (exact) mass is 375 g/mol. The highest BCUT2D eigenvalue weighted by atomic mass is 35.5. The summed E-state index contributed by atoms with van der Waals surface area (Å²) in [5.41, 5.74) is 3.84. The molecule has 2 aromatic rings. The lowest BCUT2D eigenvalue weighted by atomic mass is 9.88. The van der Waals surface area contributed by atoms with Crippen molar-refractivity contribution in [1.29, 1.82) is 0 Å². The number of carbonyl (C=O) groups is 2. The van der Waals surface area contributed by atoms with Gasteiger partial charge in [-0.25, -0.2) is 5.43 Å². The van der Waals surface area contributed by atoms with E-state index in [4.69, 9.17) is 23.2 Å². The van der Waals surface area contributed by atoms with Gasteiger partial charge in [0, 0.05) is 18.0 Å². The van der Waals surface area contributed by atoms with Crippen molar-refractivity contribution < 1.29 is 9.59 Å². The first-order valence-electron chi connectivity index (χ1n) is 7.67. The maximum absolute atomic E-state index is 12.4. The fraction of sp³-hybridized carbons (Fsp3) is 0.167. The van der Waals surface area contributed by atoms with Crippen LogP contribution in [-0.4, -0.2) is 24.6 Å². The molecule has 3 rings (SSSR count). The number of hydrazone groups is 1. The average molecular weight is 376 g/mol. The van der Waals surface area contributed by atoms with Crippen molar-refractivity contribution in [1.82, 2.24) is 10.7 Å². The summed E-state index contributed by atoms with van der Waals surface area (Å²) in [4.78, 5) is 24.5. The Kier molecular flexibility index (Phi) is 5.36. The lowest BCUT2D eigenvalue weighted by Crippen LogP contribution is -2.34. The van der Waals surface area contributed by atoms with E-state index in [-0.39, 0.29) is 11.8 Å². The molecule has 0 aliphatic carbocycles. The lowest BCUT2D eigenvalue weighted by molar-refractivity contribution is -0.133. The van der Waals surface area contributed by atoms with Crippen molar-refractivity contribution >= 4 is 41.2 Å². The highest BCUT2D eigenvalue weighted by Crippen LogP contribution is 2.29. The zero-order chi connectivity index (χ0) is 17.8. The van der Waals surface area contributed by atoms with Crippen LogP contribution in [-0.2, 0) is 9.59 Å². The number of carbonyl (C=O) groups excluding carboxylic acids is 2. The van der Waals surface area contributed by atoms with Gasteiger partial charge in [-0.2, -0.15) is 5.10 Å². The second kappa shape index (κ2) is 7.68. The molecule has 25 heavy (non-hydrogen) atoms. The Morgan fingerprint density at radius 2 is 1.80 bits per heavy atom. The van der Waals surface area contributed by atoms with Gasteiger partial charge in [-0.05, 0) is 17.7 Å². The summed E-state index contributed by atoms with van der Waals surface area (Å²) < 4.78 is 0. The van der Waals surface area contributed by atoms with E-state index in [0.717, 1.165) is 5.56 Å². The smallest absolute Gasteiger partial charge is 0.253 e. The number of rotatable bonds is 4. The van der Waals surface area contributed by atoms with Gasteiger partial charge in [-0.15, -0.1) is 0 Å². The van der Waals surface area contributed by atoms with Crippen molar-refractivity contribution in [3.8, 4) is 0 Å². The molecule has 2 aromatic carbocycles. The van der Waals surface area contributed by atoms with Crippen LogP contribution >= 0.6 is 23.2 Å². The molecule has 0 unspecified atom stereocenters. The van der Waals surface area contributed by atoms with Crippen LogP contribution in [0.2, 0.25) is 10.0 Å². The van der Waals surface area contributed by atoms with Crippen LogP contribution in [0.25, 0.3) is 0 Å². The molecular weight excluding hydrogens is 361 g/mol. The standard InChI is InChI=1S/C18H15Cl2N3O2/c19-14-7-4-8-15(20)13(14)10-22-23-18(25)16-12(9-21-17(16)24)11-5-2-1-3-6-11/h1-8,10,12,16H,9H2,(H,21,24)(H,23,25)/b22-10-/t12-,16-/m0/s1. The van der Waals surface area contributed by atoms with Crippen LogP contribution < -0.4 is 10.7 Å². The number of hydrogen-bond acceptors (Lipinski definition) is 3. The van der Waals surface area contributed by atoms with Crippen LogP contribution in [0, 0.1) is 5.92 Å². The number of nitrogens with one attached hydrogen (secondary N) is 2. The number of hydrogen-bond donors (Lipinski definition) is 2. The van der Waals surface area contributed by atoms with Gasteiger partial charge >= 0.3 is 0 Å². The molecule has 0 bridgehead atoms. The highest BCUT2D eigenvalue weighted by Gasteiger charge is 2.40. The van der Waals surface area contributed by atoms with Crippen molar-refractivity contribution in [2.45, 2.75) is 5.92 Å². The van der Waals surface area contributed by atoms with E-state index in [0.29, 0.717) is 22.2 Å². The van der Waals surface area contributed by atoms with Gasteiger partial charge in [0.2, 0.25) is 5.91 Å². The molecule has 1 aliphatic heterocycles. The number of halogens is 2. The summed E-state index contributed by atoms with van der Waals surface area (Å²) in [5, 5.41) is 7.47. The van der Waals surface area contributed by atoms with E-state index >= 15 is 0 Å². The highest BCUT2D eigenvalue weighted by molar-refractivity contribution is 6.38. The van der Waals surface area contributed by atoms with Gasteiger partial charge in [0.1, 0.15) is 5.92 Å². The fourth-order valence-electron chi connectivity index (χ4n) is 2.80. The molecule has 7 heteroatoms. The second-order valence-electron chi connectivity index (χ2n) is 5.61.